The predicted molar refractivity (Wildman–Crippen MR) is 180 cm³/mol. The van der Waals surface area contributed by atoms with Gasteiger partial charge in [-0.1, -0.05) is 133 Å². The van der Waals surface area contributed by atoms with E-state index in [0.29, 0.717) is 5.82 Å². The lowest BCUT2D eigenvalue weighted by Gasteiger charge is -2.13. The molecule has 6 aromatic carbocycles. The maximum Gasteiger partial charge on any atom is 0.160 e. The summed E-state index contributed by atoms with van der Waals surface area (Å²) >= 11 is 1.75. The van der Waals surface area contributed by atoms with E-state index in [1.165, 1.54) is 15.5 Å². The first-order valence-electron chi connectivity index (χ1n) is 14.3. The van der Waals surface area contributed by atoms with E-state index in [0.717, 1.165) is 55.3 Å². The molecule has 2 heterocycles. The number of benzene rings is 6. The zero-order valence-electron chi connectivity index (χ0n) is 23.2. The Morgan fingerprint density at radius 1 is 0.419 bits per heavy atom. The first-order valence-corrected chi connectivity index (χ1v) is 15.1. The Morgan fingerprint density at radius 3 is 1.77 bits per heavy atom. The summed E-state index contributed by atoms with van der Waals surface area (Å²) in [5.41, 5.74) is 9.36. The van der Waals surface area contributed by atoms with Gasteiger partial charge in [-0.15, -0.1) is 11.3 Å². The first kappa shape index (κ1) is 25.3. The van der Waals surface area contributed by atoms with Crippen LogP contribution in [-0.4, -0.2) is 15.0 Å². The number of nitrogens with zero attached hydrogens (tertiary/aromatic N) is 3. The van der Waals surface area contributed by atoms with Crippen LogP contribution in [0.2, 0.25) is 0 Å². The summed E-state index contributed by atoms with van der Waals surface area (Å²) in [4.78, 5) is 15.1. The van der Waals surface area contributed by atoms with E-state index in [9.17, 15) is 0 Å². The average molecular weight is 568 g/mol. The summed E-state index contributed by atoms with van der Waals surface area (Å²) in [7, 11) is 0. The van der Waals surface area contributed by atoms with E-state index in [2.05, 4.69) is 109 Å². The Balaban J connectivity index is 1.30. The summed E-state index contributed by atoms with van der Waals surface area (Å²) in [6.07, 6.45) is 0. The van der Waals surface area contributed by atoms with Crippen molar-refractivity contribution in [2.45, 2.75) is 0 Å². The SMILES string of the molecule is c1ccc(-c2cc(-c3ccccc3-c3ccc4ccc5nc(-c6ccccc6)sc5c4c3)nc(-c3ccccc3)n2)cc1. The second-order valence-electron chi connectivity index (χ2n) is 10.5. The lowest BCUT2D eigenvalue weighted by atomic mass is 9.94. The zero-order chi connectivity index (χ0) is 28.6. The molecule has 43 heavy (non-hydrogen) atoms. The third kappa shape index (κ3) is 4.78. The van der Waals surface area contributed by atoms with Gasteiger partial charge in [0.2, 0.25) is 0 Å². The molecule has 0 aliphatic rings. The van der Waals surface area contributed by atoms with Crippen molar-refractivity contribution in [3.8, 4) is 55.6 Å². The molecule has 0 spiro atoms. The van der Waals surface area contributed by atoms with Gasteiger partial charge in [0.15, 0.2) is 5.82 Å². The molecule has 0 saturated heterocycles. The zero-order valence-corrected chi connectivity index (χ0v) is 24.0. The molecule has 0 fully saturated rings. The Labute approximate surface area is 253 Å². The standard InChI is InChI=1S/C39H25N3S/c1-4-12-27(13-5-1)35-25-36(41-38(40-35)28-14-6-2-7-15-28)32-19-11-10-18-31(32)30-21-20-26-22-23-34-37(33(26)24-30)43-39(42-34)29-16-8-3-9-17-29/h1-25H. The van der Waals surface area contributed by atoms with Crippen LogP contribution in [0.25, 0.3) is 76.6 Å². The van der Waals surface area contributed by atoms with Gasteiger partial charge in [-0.25, -0.2) is 15.0 Å². The lowest BCUT2D eigenvalue weighted by molar-refractivity contribution is 1.18. The molecule has 3 nitrogen and oxygen atoms in total. The number of hydrogen-bond donors (Lipinski definition) is 0. The minimum atomic E-state index is 0.713. The third-order valence-corrected chi connectivity index (χ3v) is 8.89. The molecular weight excluding hydrogens is 543 g/mol. The molecule has 0 aliphatic carbocycles. The number of hydrogen-bond acceptors (Lipinski definition) is 4. The van der Waals surface area contributed by atoms with Crippen LogP contribution in [0.5, 0.6) is 0 Å². The third-order valence-electron chi connectivity index (χ3n) is 7.73. The molecule has 0 amide bonds. The molecule has 0 bridgehead atoms. The monoisotopic (exact) mass is 567 g/mol. The molecular formula is C39H25N3S. The number of rotatable bonds is 5. The predicted octanol–water partition coefficient (Wildman–Crippen LogP) is 10.6. The van der Waals surface area contributed by atoms with E-state index in [1.807, 2.05) is 42.5 Å². The summed E-state index contributed by atoms with van der Waals surface area (Å²) < 4.78 is 1.20. The summed E-state index contributed by atoms with van der Waals surface area (Å²) in [6, 6.07) is 52.6. The van der Waals surface area contributed by atoms with Crippen molar-refractivity contribution in [1.82, 2.24) is 15.0 Å². The molecule has 202 valence electrons. The second kappa shape index (κ2) is 10.8. The Bertz CT molecular complexity index is 2170. The van der Waals surface area contributed by atoms with E-state index in [4.69, 9.17) is 15.0 Å². The molecule has 0 saturated carbocycles. The Hall–Kier alpha value is -5.45. The molecule has 0 unspecified atom stereocenters. The highest BCUT2D eigenvalue weighted by Crippen LogP contribution is 2.39. The van der Waals surface area contributed by atoms with E-state index in [1.54, 1.807) is 11.3 Å². The number of fused-ring (bicyclic) bond motifs is 3. The fourth-order valence-corrected chi connectivity index (χ4v) is 6.69. The minimum Gasteiger partial charge on any atom is -0.236 e. The Kier molecular flexibility index (Phi) is 6.32. The van der Waals surface area contributed by atoms with Crippen LogP contribution in [0.3, 0.4) is 0 Å². The average Bonchev–Trinajstić information content (AvgIpc) is 3.54. The topological polar surface area (TPSA) is 38.7 Å². The maximum absolute atomic E-state index is 5.12. The highest BCUT2D eigenvalue weighted by Gasteiger charge is 2.15. The van der Waals surface area contributed by atoms with Gasteiger partial charge in [-0.2, -0.15) is 0 Å². The van der Waals surface area contributed by atoms with Crippen LogP contribution in [0.15, 0.2) is 152 Å². The molecule has 0 radical (unpaired) electrons. The van der Waals surface area contributed by atoms with Crippen molar-refractivity contribution in [2.24, 2.45) is 0 Å². The van der Waals surface area contributed by atoms with E-state index in [-0.39, 0.29) is 0 Å². The van der Waals surface area contributed by atoms with E-state index >= 15 is 0 Å². The molecule has 0 aliphatic heterocycles. The van der Waals surface area contributed by atoms with Crippen LogP contribution in [0.1, 0.15) is 0 Å². The lowest BCUT2D eigenvalue weighted by Crippen LogP contribution is -1.97. The van der Waals surface area contributed by atoms with Crippen LogP contribution in [0.4, 0.5) is 0 Å². The van der Waals surface area contributed by atoms with Crippen molar-refractivity contribution >= 4 is 32.3 Å². The minimum absolute atomic E-state index is 0.713. The fraction of sp³-hybridized carbons (Fsp3) is 0. The first-order chi connectivity index (χ1) is 21.3. The normalized spacial score (nSPS) is 11.3. The molecule has 0 atom stereocenters. The molecule has 4 heteroatoms. The molecule has 2 aromatic heterocycles. The van der Waals surface area contributed by atoms with Crippen molar-refractivity contribution in [1.29, 1.82) is 0 Å². The summed E-state index contributed by atoms with van der Waals surface area (Å²) in [5.74, 6) is 0.713. The summed E-state index contributed by atoms with van der Waals surface area (Å²) in [6.45, 7) is 0. The van der Waals surface area contributed by atoms with Crippen molar-refractivity contribution in [2.75, 3.05) is 0 Å². The van der Waals surface area contributed by atoms with Gasteiger partial charge in [-0.3, -0.25) is 0 Å². The smallest absolute Gasteiger partial charge is 0.160 e. The molecule has 0 N–H and O–H groups in total. The summed E-state index contributed by atoms with van der Waals surface area (Å²) in [5, 5.41) is 3.45. The Morgan fingerprint density at radius 2 is 1.02 bits per heavy atom. The van der Waals surface area contributed by atoms with Gasteiger partial charge < -0.3 is 0 Å². The van der Waals surface area contributed by atoms with Crippen LogP contribution < -0.4 is 0 Å². The van der Waals surface area contributed by atoms with Crippen molar-refractivity contribution in [3.63, 3.8) is 0 Å². The number of thiazole rings is 1. The second-order valence-corrected chi connectivity index (χ2v) is 11.5. The van der Waals surface area contributed by atoms with Crippen LogP contribution in [-0.2, 0) is 0 Å². The van der Waals surface area contributed by atoms with Crippen molar-refractivity contribution in [3.05, 3.63) is 152 Å². The van der Waals surface area contributed by atoms with Crippen LogP contribution in [0, 0.1) is 0 Å². The van der Waals surface area contributed by atoms with Gasteiger partial charge in [0, 0.05) is 27.6 Å². The van der Waals surface area contributed by atoms with Crippen molar-refractivity contribution < 1.29 is 0 Å². The molecule has 8 aromatic rings. The molecule has 8 rings (SSSR count). The highest BCUT2D eigenvalue weighted by atomic mass is 32.1. The highest BCUT2D eigenvalue weighted by molar-refractivity contribution is 7.22. The maximum atomic E-state index is 5.12. The van der Waals surface area contributed by atoms with Gasteiger partial charge >= 0.3 is 0 Å². The van der Waals surface area contributed by atoms with Gasteiger partial charge in [0.25, 0.3) is 0 Å². The largest absolute Gasteiger partial charge is 0.236 e. The van der Waals surface area contributed by atoms with Gasteiger partial charge in [-0.05, 0) is 34.7 Å². The van der Waals surface area contributed by atoms with Gasteiger partial charge in [0.1, 0.15) is 5.01 Å². The fourth-order valence-electron chi connectivity index (χ4n) is 5.59. The van der Waals surface area contributed by atoms with Gasteiger partial charge in [0.05, 0.1) is 21.6 Å². The van der Waals surface area contributed by atoms with E-state index < -0.39 is 0 Å². The quantitative estimate of drug-likeness (QED) is 0.208. The number of aromatic nitrogens is 3. The van der Waals surface area contributed by atoms with Crippen LogP contribution >= 0.6 is 11.3 Å².